The van der Waals surface area contributed by atoms with Gasteiger partial charge in [0.2, 0.25) is 5.91 Å². The molecule has 6 nitrogen and oxygen atoms in total. The van der Waals surface area contributed by atoms with Crippen molar-refractivity contribution in [3.63, 3.8) is 0 Å². The second-order valence-corrected chi connectivity index (χ2v) is 3.49. The molecule has 0 heterocycles. The lowest BCUT2D eigenvalue weighted by Crippen LogP contribution is -2.41. The summed E-state index contributed by atoms with van der Waals surface area (Å²) < 4.78 is 4.75. The molecular formula is C10H20N2O4. The summed E-state index contributed by atoms with van der Waals surface area (Å²) >= 11 is 0. The molecule has 0 aromatic heterocycles. The van der Waals surface area contributed by atoms with Crippen LogP contribution in [0, 0.1) is 0 Å². The van der Waals surface area contributed by atoms with Gasteiger partial charge in [-0.15, -0.1) is 0 Å². The lowest BCUT2D eigenvalue weighted by Gasteiger charge is -2.11. The van der Waals surface area contributed by atoms with Crippen LogP contribution in [0.1, 0.15) is 26.2 Å². The molecule has 0 bridgehead atoms. The van der Waals surface area contributed by atoms with E-state index in [1.165, 1.54) is 0 Å². The van der Waals surface area contributed by atoms with Gasteiger partial charge < -0.3 is 20.9 Å². The molecule has 16 heavy (non-hydrogen) atoms. The van der Waals surface area contributed by atoms with Crippen molar-refractivity contribution in [2.24, 2.45) is 5.73 Å². The third-order valence-corrected chi connectivity index (χ3v) is 1.98. The van der Waals surface area contributed by atoms with Gasteiger partial charge in [-0.05, 0) is 6.42 Å². The zero-order valence-electron chi connectivity index (χ0n) is 9.57. The monoisotopic (exact) mass is 232 g/mol. The number of carbonyl (C=O) groups excluding carboxylic acids is 1. The van der Waals surface area contributed by atoms with E-state index in [1.54, 1.807) is 0 Å². The smallest absolute Gasteiger partial charge is 0.329 e. The Morgan fingerprint density at radius 1 is 1.50 bits per heavy atom. The highest BCUT2D eigenvalue weighted by Crippen LogP contribution is 1.97. The molecule has 0 saturated heterocycles. The Kier molecular flexibility index (Phi) is 8.46. The summed E-state index contributed by atoms with van der Waals surface area (Å²) in [6.45, 7) is 2.15. The predicted octanol–water partition coefficient (Wildman–Crippen LogP) is -0.279. The molecule has 0 aliphatic rings. The molecule has 0 radical (unpaired) electrons. The van der Waals surface area contributed by atoms with Crippen molar-refractivity contribution in [1.82, 2.24) is 5.32 Å². The fourth-order valence-electron chi connectivity index (χ4n) is 1.09. The van der Waals surface area contributed by atoms with Gasteiger partial charge in [-0.1, -0.05) is 19.8 Å². The van der Waals surface area contributed by atoms with Gasteiger partial charge in [0.15, 0.2) is 0 Å². The molecule has 94 valence electrons. The molecule has 0 aliphatic carbocycles. The normalized spacial score (nSPS) is 12.1. The van der Waals surface area contributed by atoms with E-state index < -0.39 is 12.0 Å². The van der Waals surface area contributed by atoms with Gasteiger partial charge in [0.25, 0.3) is 0 Å². The van der Waals surface area contributed by atoms with E-state index in [2.05, 4.69) is 5.32 Å². The maximum absolute atomic E-state index is 11.3. The molecule has 6 heteroatoms. The first-order valence-corrected chi connectivity index (χ1v) is 5.40. The van der Waals surface area contributed by atoms with Gasteiger partial charge in [0.1, 0.15) is 6.61 Å². The van der Waals surface area contributed by atoms with Crippen LogP contribution in [0.2, 0.25) is 0 Å². The van der Waals surface area contributed by atoms with Gasteiger partial charge in [-0.2, -0.15) is 0 Å². The number of ether oxygens (including phenoxy) is 1. The summed E-state index contributed by atoms with van der Waals surface area (Å²) in [5, 5.41) is 10.9. The van der Waals surface area contributed by atoms with Crippen LogP contribution < -0.4 is 11.1 Å². The molecular weight excluding hydrogens is 212 g/mol. The second-order valence-electron chi connectivity index (χ2n) is 3.49. The van der Waals surface area contributed by atoms with E-state index in [0.717, 1.165) is 12.8 Å². The van der Waals surface area contributed by atoms with Crippen LogP contribution in [0.5, 0.6) is 0 Å². The Balaban J connectivity index is 3.45. The minimum atomic E-state index is -1.02. The van der Waals surface area contributed by atoms with E-state index in [4.69, 9.17) is 15.6 Å². The van der Waals surface area contributed by atoms with Crippen molar-refractivity contribution in [2.45, 2.75) is 32.2 Å². The Hall–Kier alpha value is -1.14. The fourth-order valence-corrected chi connectivity index (χ4v) is 1.09. The molecule has 0 spiro atoms. The van der Waals surface area contributed by atoms with Gasteiger partial charge >= 0.3 is 5.97 Å². The zero-order chi connectivity index (χ0) is 12.4. The highest BCUT2D eigenvalue weighted by molar-refractivity contribution is 5.81. The van der Waals surface area contributed by atoms with Crippen LogP contribution in [-0.4, -0.2) is 42.8 Å². The van der Waals surface area contributed by atoms with Crippen LogP contribution in [0.25, 0.3) is 0 Å². The first-order chi connectivity index (χ1) is 7.57. The molecule has 1 atom stereocenters. The van der Waals surface area contributed by atoms with Crippen LogP contribution in [-0.2, 0) is 14.3 Å². The number of hydrogen-bond acceptors (Lipinski definition) is 4. The topological polar surface area (TPSA) is 102 Å². The molecule has 0 saturated carbocycles. The third-order valence-electron chi connectivity index (χ3n) is 1.98. The molecule has 0 fully saturated rings. The number of amides is 1. The summed E-state index contributed by atoms with van der Waals surface area (Å²) in [5.41, 5.74) is 5.62. The number of carboxylic acid groups (broad SMARTS) is 1. The lowest BCUT2D eigenvalue weighted by molar-refractivity contribution is -0.142. The molecule has 1 unspecified atom stereocenters. The Morgan fingerprint density at radius 3 is 2.75 bits per heavy atom. The quantitative estimate of drug-likeness (QED) is 0.475. The van der Waals surface area contributed by atoms with Crippen molar-refractivity contribution in [1.29, 1.82) is 0 Å². The van der Waals surface area contributed by atoms with Crippen molar-refractivity contribution in [3.05, 3.63) is 0 Å². The van der Waals surface area contributed by atoms with Crippen molar-refractivity contribution >= 4 is 11.9 Å². The highest BCUT2D eigenvalue weighted by Gasteiger charge is 2.11. The number of aliphatic carboxylic acids is 1. The SMILES string of the molecule is CCCCC(N)C(=O)NCCOCC(=O)O. The number of nitrogens with two attached hydrogens (primary N) is 1. The molecule has 1 amide bonds. The molecule has 0 aromatic rings. The fraction of sp³-hybridized carbons (Fsp3) is 0.800. The number of carboxylic acids is 1. The van der Waals surface area contributed by atoms with Crippen LogP contribution in [0.15, 0.2) is 0 Å². The minimum Gasteiger partial charge on any atom is -0.480 e. The first-order valence-electron chi connectivity index (χ1n) is 5.40. The summed E-state index contributed by atoms with van der Waals surface area (Å²) in [6.07, 6.45) is 2.59. The number of carbonyl (C=O) groups is 2. The average molecular weight is 232 g/mol. The van der Waals surface area contributed by atoms with E-state index in [-0.39, 0.29) is 25.7 Å². The predicted molar refractivity (Wildman–Crippen MR) is 59.0 cm³/mol. The van der Waals surface area contributed by atoms with Crippen molar-refractivity contribution in [2.75, 3.05) is 19.8 Å². The maximum atomic E-state index is 11.3. The molecule has 0 aromatic carbocycles. The largest absolute Gasteiger partial charge is 0.480 e. The third kappa shape index (κ3) is 8.19. The number of nitrogens with one attached hydrogen (secondary N) is 1. The molecule has 4 N–H and O–H groups in total. The lowest BCUT2D eigenvalue weighted by atomic mass is 10.1. The maximum Gasteiger partial charge on any atom is 0.329 e. The standard InChI is InChI=1S/C10H20N2O4/c1-2-3-4-8(11)10(15)12-5-6-16-7-9(13)14/h8H,2-7,11H2,1H3,(H,12,15)(H,13,14). The number of hydrogen-bond donors (Lipinski definition) is 3. The van der Waals surface area contributed by atoms with E-state index in [1.807, 2.05) is 6.92 Å². The van der Waals surface area contributed by atoms with Gasteiger partial charge in [-0.25, -0.2) is 4.79 Å². The first kappa shape index (κ1) is 14.9. The average Bonchev–Trinajstić information content (AvgIpc) is 2.24. The van der Waals surface area contributed by atoms with Crippen LogP contribution in [0.4, 0.5) is 0 Å². The van der Waals surface area contributed by atoms with E-state index in [9.17, 15) is 9.59 Å². The highest BCUT2D eigenvalue weighted by atomic mass is 16.5. The summed E-state index contributed by atoms with van der Waals surface area (Å²) in [6, 6.07) is -0.487. The minimum absolute atomic E-state index is 0.179. The molecule has 0 aliphatic heterocycles. The summed E-state index contributed by atoms with van der Waals surface area (Å²) in [4.78, 5) is 21.4. The van der Waals surface area contributed by atoms with Crippen molar-refractivity contribution in [3.8, 4) is 0 Å². The van der Waals surface area contributed by atoms with Crippen molar-refractivity contribution < 1.29 is 19.4 Å². The van der Waals surface area contributed by atoms with E-state index in [0.29, 0.717) is 6.42 Å². The summed E-state index contributed by atoms with van der Waals surface area (Å²) in [5.74, 6) is -1.24. The number of unbranched alkanes of at least 4 members (excludes halogenated alkanes) is 1. The van der Waals surface area contributed by atoms with Gasteiger partial charge in [0, 0.05) is 6.54 Å². The number of rotatable bonds is 9. The summed E-state index contributed by atoms with van der Waals surface area (Å²) in [7, 11) is 0. The molecule has 0 rings (SSSR count). The zero-order valence-corrected chi connectivity index (χ0v) is 9.57. The Bertz CT molecular complexity index is 221. The van der Waals surface area contributed by atoms with Gasteiger partial charge in [0.05, 0.1) is 12.6 Å². The van der Waals surface area contributed by atoms with Crippen LogP contribution in [0.3, 0.4) is 0 Å². The Morgan fingerprint density at radius 2 is 2.19 bits per heavy atom. The van der Waals surface area contributed by atoms with Gasteiger partial charge in [-0.3, -0.25) is 4.79 Å². The second kappa shape index (κ2) is 9.11. The van der Waals surface area contributed by atoms with E-state index >= 15 is 0 Å². The van der Waals surface area contributed by atoms with Crippen LogP contribution >= 0.6 is 0 Å². The Labute approximate surface area is 95.1 Å².